The smallest absolute Gasteiger partial charge is 0.275 e. The van der Waals surface area contributed by atoms with E-state index < -0.39 is 5.66 Å². The Morgan fingerprint density at radius 3 is 2.32 bits per heavy atom. The number of piperazine rings is 1. The fourth-order valence-electron chi connectivity index (χ4n) is 5.38. The predicted octanol–water partition coefficient (Wildman–Crippen LogP) is 3.71. The number of hydrogen-bond acceptors (Lipinski definition) is 4. The van der Waals surface area contributed by atoms with Gasteiger partial charge in [-0.3, -0.25) is 14.6 Å². The van der Waals surface area contributed by atoms with Crippen LogP contribution in [-0.2, 0) is 9.59 Å². The average Bonchev–Trinajstić information content (AvgIpc) is 3.13. The van der Waals surface area contributed by atoms with E-state index in [4.69, 9.17) is 4.99 Å². The first-order valence-electron chi connectivity index (χ1n) is 12.2. The van der Waals surface area contributed by atoms with Gasteiger partial charge in [-0.1, -0.05) is 49.4 Å². The van der Waals surface area contributed by atoms with Crippen molar-refractivity contribution in [3.8, 4) is 0 Å². The lowest BCUT2D eigenvalue weighted by Gasteiger charge is -2.42. The van der Waals surface area contributed by atoms with Crippen LogP contribution in [0.15, 0.2) is 59.6 Å². The summed E-state index contributed by atoms with van der Waals surface area (Å²) in [4.78, 5) is 37.3. The summed E-state index contributed by atoms with van der Waals surface area (Å²) in [5.74, 6) is 0.132. The van der Waals surface area contributed by atoms with Gasteiger partial charge in [-0.25, -0.2) is 4.39 Å². The van der Waals surface area contributed by atoms with Gasteiger partial charge in [-0.05, 0) is 43.7 Å². The molecule has 7 heteroatoms. The minimum absolute atomic E-state index is 0.0345. The Hall–Kier alpha value is -3.22. The van der Waals surface area contributed by atoms with E-state index in [1.54, 1.807) is 21.9 Å². The monoisotopic (exact) mass is 462 g/mol. The minimum Gasteiger partial charge on any atom is -0.366 e. The molecule has 0 atom stereocenters. The van der Waals surface area contributed by atoms with Crippen molar-refractivity contribution < 1.29 is 14.0 Å². The molecule has 1 saturated carbocycles. The molecule has 178 valence electrons. The van der Waals surface area contributed by atoms with Crippen LogP contribution in [0.4, 0.5) is 10.1 Å². The van der Waals surface area contributed by atoms with Crippen molar-refractivity contribution in [3.63, 3.8) is 0 Å². The number of benzene rings is 2. The highest BCUT2D eigenvalue weighted by Gasteiger charge is 2.49. The van der Waals surface area contributed by atoms with Crippen molar-refractivity contribution in [3.05, 3.63) is 66.0 Å². The van der Waals surface area contributed by atoms with E-state index in [1.807, 2.05) is 41.3 Å². The van der Waals surface area contributed by atoms with Crippen LogP contribution in [-0.4, -0.2) is 65.7 Å². The largest absolute Gasteiger partial charge is 0.366 e. The molecular formula is C27H31FN4O2. The molecule has 0 bridgehead atoms. The highest BCUT2D eigenvalue weighted by Crippen LogP contribution is 2.41. The first-order valence-corrected chi connectivity index (χ1v) is 12.2. The van der Waals surface area contributed by atoms with Gasteiger partial charge in [-0.15, -0.1) is 0 Å². The minimum atomic E-state index is -0.626. The first-order chi connectivity index (χ1) is 16.5. The number of aliphatic imine (C=N–C) groups is 1. The van der Waals surface area contributed by atoms with Crippen LogP contribution in [0.1, 0.15) is 38.2 Å². The Kier molecular flexibility index (Phi) is 6.11. The number of carbonyl (C=O) groups is 2. The Morgan fingerprint density at radius 1 is 1.00 bits per heavy atom. The van der Waals surface area contributed by atoms with Crippen LogP contribution in [0.3, 0.4) is 0 Å². The molecule has 0 aromatic heterocycles. The zero-order valence-corrected chi connectivity index (χ0v) is 19.6. The Labute approximate surface area is 200 Å². The summed E-state index contributed by atoms with van der Waals surface area (Å²) in [6.45, 7) is 4.41. The molecule has 3 aliphatic rings. The Balaban J connectivity index is 1.30. The van der Waals surface area contributed by atoms with Crippen LogP contribution >= 0.6 is 0 Å². The highest BCUT2D eigenvalue weighted by atomic mass is 19.1. The summed E-state index contributed by atoms with van der Waals surface area (Å²) < 4.78 is 14.2. The Bertz CT molecular complexity index is 1090. The van der Waals surface area contributed by atoms with E-state index in [0.29, 0.717) is 43.5 Å². The molecule has 6 nitrogen and oxygen atoms in total. The van der Waals surface area contributed by atoms with Crippen molar-refractivity contribution in [2.75, 3.05) is 37.6 Å². The number of rotatable bonds is 4. The molecular weight excluding hydrogens is 431 g/mol. The van der Waals surface area contributed by atoms with Gasteiger partial charge >= 0.3 is 0 Å². The molecule has 5 rings (SSSR count). The molecule has 1 aliphatic carbocycles. The third-order valence-corrected chi connectivity index (χ3v) is 7.51. The average molecular weight is 463 g/mol. The zero-order valence-electron chi connectivity index (χ0n) is 19.6. The molecule has 0 radical (unpaired) electrons. The van der Waals surface area contributed by atoms with Crippen molar-refractivity contribution in [1.29, 1.82) is 0 Å². The number of hydrogen-bond donors (Lipinski definition) is 0. The maximum absolute atomic E-state index is 14.2. The number of carbonyl (C=O) groups excluding carboxylic acids is 2. The lowest BCUT2D eigenvalue weighted by Crippen LogP contribution is -2.56. The van der Waals surface area contributed by atoms with Crippen LogP contribution in [0.2, 0.25) is 0 Å². The molecule has 2 heterocycles. The molecule has 34 heavy (non-hydrogen) atoms. The topological polar surface area (TPSA) is 56.2 Å². The second kappa shape index (κ2) is 9.20. The van der Waals surface area contributed by atoms with Crippen LogP contribution in [0, 0.1) is 11.7 Å². The standard InChI is InChI=1S/C27H31FN4O2/c1-20-11-13-27(14-12-20)29-25(21-7-3-2-4-8-21)26(34)32(27)19-24(33)31-17-15-30(16-18-31)23-10-6-5-9-22(23)28/h2-10,20H,11-19H2,1H3. The summed E-state index contributed by atoms with van der Waals surface area (Å²) in [5.41, 5.74) is 1.21. The van der Waals surface area contributed by atoms with E-state index in [9.17, 15) is 14.0 Å². The van der Waals surface area contributed by atoms with E-state index in [0.717, 1.165) is 31.2 Å². The van der Waals surface area contributed by atoms with Crippen LogP contribution in [0.25, 0.3) is 0 Å². The van der Waals surface area contributed by atoms with Gasteiger partial charge < -0.3 is 14.7 Å². The molecule has 2 amide bonds. The Morgan fingerprint density at radius 2 is 1.65 bits per heavy atom. The second-order valence-electron chi connectivity index (χ2n) is 9.70. The quantitative estimate of drug-likeness (QED) is 0.696. The van der Waals surface area contributed by atoms with E-state index >= 15 is 0 Å². The van der Waals surface area contributed by atoms with Gasteiger partial charge in [0.2, 0.25) is 5.91 Å². The molecule has 1 saturated heterocycles. The van der Waals surface area contributed by atoms with Gasteiger partial charge in [0.25, 0.3) is 5.91 Å². The molecule has 2 aromatic carbocycles. The van der Waals surface area contributed by atoms with Crippen molar-refractivity contribution in [1.82, 2.24) is 9.80 Å². The van der Waals surface area contributed by atoms with E-state index in [2.05, 4.69) is 6.92 Å². The molecule has 2 fully saturated rings. The number of nitrogens with zero attached hydrogens (tertiary/aromatic N) is 4. The maximum Gasteiger partial charge on any atom is 0.275 e. The summed E-state index contributed by atoms with van der Waals surface area (Å²) >= 11 is 0. The number of para-hydroxylation sites is 1. The highest BCUT2D eigenvalue weighted by molar-refractivity contribution is 6.47. The van der Waals surface area contributed by atoms with Gasteiger partial charge in [0.15, 0.2) is 0 Å². The SMILES string of the molecule is CC1CCC2(CC1)N=C(c1ccccc1)C(=O)N2CC(=O)N1CCN(c2ccccc2F)CC1. The fourth-order valence-corrected chi connectivity index (χ4v) is 5.38. The lowest BCUT2D eigenvalue weighted by molar-refractivity contribution is -0.141. The van der Waals surface area contributed by atoms with Gasteiger partial charge in [-0.2, -0.15) is 0 Å². The van der Waals surface area contributed by atoms with Crippen LogP contribution in [0.5, 0.6) is 0 Å². The summed E-state index contributed by atoms with van der Waals surface area (Å²) in [5, 5.41) is 0. The lowest BCUT2D eigenvalue weighted by atomic mass is 9.82. The molecule has 2 aromatic rings. The van der Waals surface area contributed by atoms with Gasteiger partial charge in [0.1, 0.15) is 23.7 Å². The van der Waals surface area contributed by atoms with Gasteiger partial charge in [0.05, 0.1) is 5.69 Å². The number of amides is 2. The van der Waals surface area contributed by atoms with Crippen LogP contribution < -0.4 is 4.90 Å². The molecule has 1 spiro atoms. The van der Waals surface area contributed by atoms with Gasteiger partial charge in [0, 0.05) is 31.7 Å². The van der Waals surface area contributed by atoms with Crippen molar-refractivity contribution >= 4 is 23.2 Å². The first kappa shape index (κ1) is 22.6. The van der Waals surface area contributed by atoms with Crippen molar-refractivity contribution in [2.45, 2.75) is 38.3 Å². The van der Waals surface area contributed by atoms with E-state index in [1.165, 1.54) is 6.07 Å². The van der Waals surface area contributed by atoms with Crippen molar-refractivity contribution in [2.24, 2.45) is 10.9 Å². The summed E-state index contributed by atoms with van der Waals surface area (Å²) in [6.07, 6.45) is 3.55. The second-order valence-corrected chi connectivity index (χ2v) is 9.70. The molecule has 0 unspecified atom stereocenters. The normalized spacial score (nSPS) is 25.1. The zero-order chi connectivity index (χ0) is 23.7. The fraction of sp³-hybridized carbons (Fsp3) is 0.444. The predicted molar refractivity (Wildman–Crippen MR) is 130 cm³/mol. The number of anilines is 1. The summed E-state index contributed by atoms with van der Waals surface area (Å²) in [6, 6.07) is 16.3. The third kappa shape index (κ3) is 4.19. The molecule has 2 aliphatic heterocycles. The summed E-state index contributed by atoms with van der Waals surface area (Å²) in [7, 11) is 0. The molecule has 0 N–H and O–H groups in total. The number of halogens is 1. The van der Waals surface area contributed by atoms with E-state index in [-0.39, 0.29) is 24.2 Å². The maximum atomic E-state index is 14.2. The third-order valence-electron chi connectivity index (χ3n) is 7.51.